The number of phosphoric acid groups is 2. The van der Waals surface area contributed by atoms with Crippen LogP contribution in [0.2, 0.25) is 0 Å². The molecule has 0 saturated carbocycles. The minimum absolute atomic E-state index is 0.105. The fraction of sp³-hybridized carbons (Fsp3) is 0.949. The summed E-state index contributed by atoms with van der Waals surface area (Å²) in [4.78, 5) is 72.9. The third-order valence-corrected chi connectivity index (χ3v) is 20.8. The van der Waals surface area contributed by atoms with Gasteiger partial charge < -0.3 is 33.8 Å². The van der Waals surface area contributed by atoms with Gasteiger partial charge >= 0.3 is 39.5 Å². The van der Waals surface area contributed by atoms with Gasteiger partial charge in [-0.3, -0.25) is 37.3 Å². The number of unbranched alkanes of at least 4 members (excludes halogenated alkanes) is 42. The number of aliphatic hydroxyl groups is 1. The highest BCUT2D eigenvalue weighted by molar-refractivity contribution is 7.47. The van der Waals surface area contributed by atoms with Crippen LogP contribution in [0.1, 0.15) is 402 Å². The van der Waals surface area contributed by atoms with Crippen molar-refractivity contribution >= 4 is 39.5 Å². The molecular weight excluding hydrogens is 1270 g/mol. The van der Waals surface area contributed by atoms with E-state index >= 15 is 0 Å². The Hall–Kier alpha value is -1.94. The maximum Gasteiger partial charge on any atom is 0.472 e. The van der Waals surface area contributed by atoms with Crippen LogP contribution in [0.3, 0.4) is 0 Å². The Morgan fingerprint density at radius 3 is 0.784 bits per heavy atom. The number of ether oxygens (including phenoxy) is 4. The summed E-state index contributed by atoms with van der Waals surface area (Å²) in [6.07, 6.45) is 55.3. The molecule has 0 fully saturated rings. The number of carbonyl (C=O) groups excluding carboxylic acids is 4. The number of hydrogen-bond acceptors (Lipinski definition) is 15. The lowest BCUT2D eigenvalue weighted by atomic mass is 9.99. The van der Waals surface area contributed by atoms with Crippen molar-refractivity contribution in [2.75, 3.05) is 39.6 Å². The Labute approximate surface area is 594 Å². The third kappa shape index (κ3) is 69.5. The molecule has 17 nitrogen and oxygen atoms in total. The van der Waals surface area contributed by atoms with Crippen molar-refractivity contribution in [2.24, 2.45) is 17.8 Å². The molecule has 0 aromatic carbocycles. The van der Waals surface area contributed by atoms with Gasteiger partial charge in [0.25, 0.3) is 0 Å². The van der Waals surface area contributed by atoms with E-state index in [4.69, 9.17) is 37.0 Å². The van der Waals surface area contributed by atoms with Crippen LogP contribution in [0.15, 0.2) is 0 Å². The monoisotopic (exact) mass is 1420 g/mol. The molecule has 19 heteroatoms. The number of aliphatic hydroxyl groups excluding tert-OH is 1. The number of carbonyl (C=O) groups is 4. The maximum atomic E-state index is 13.1. The summed E-state index contributed by atoms with van der Waals surface area (Å²) in [5.74, 6) is 0.227. The number of hydrogen-bond donors (Lipinski definition) is 3. The number of phosphoric ester groups is 2. The molecule has 0 aliphatic heterocycles. The summed E-state index contributed by atoms with van der Waals surface area (Å²) >= 11 is 0. The summed E-state index contributed by atoms with van der Waals surface area (Å²) < 4.78 is 68.6. The first-order valence-corrected chi connectivity index (χ1v) is 43.4. The minimum atomic E-state index is -4.96. The van der Waals surface area contributed by atoms with E-state index in [1.54, 1.807) is 0 Å². The van der Waals surface area contributed by atoms with Crippen molar-refractivity contribution in [1.82, 2.24) is 0 Å². The Morgan fingerprint density at radius 2 is 0.526 bits per heavy atom. The molecule has 97 heavy (non-hydrogen) atoms. The van der Waals surface area contributed by atoms with Crippen molar-refractivity contribution in [1.29, 1.82) is 0 Å². The van der Waals surface area contributed by atoms with Gasteiger partial charge in [0.15, 0.2) is 12.2 Å². The minimum Gasteiger partial charge on any atom is -0.462 e. The molecule has 0 saturated heterocycles. The van der Waals surface area contributed by atoms with Crippen LogP contribution in [0.4, 0.5) is 0 Å². The normalized spacial score (nSPS) is 14.6. The predicted molar refractivity (Wildman–Crippen MR) is 395 cm³/mol. The topological polar surface area (TPSA) is 237 Å². The quantitative estimate of drug-likeness (QED) is 0.0222. The molecule has 7 atom stereocenters. The fourth-order valence-corrected chi connectivity index (χ4v) is 13.5. The zero-order valence-electron chi connectivity index (χ0n) is 63.5. The van der Waals surface area contributed by atoms with Crippen molar-refractivity contribution < 1.29 is 80.2 Å². The smallest absolute Gasteiger partial charge is 0.462 e. The molecule has 0 radical (unpaired) electrons. The van der Waals surface area contributed by atoms with Gasteiger partial charge in [0.1, 0.15) is 19.3 Å². The van der Waals surface area contributed by atoms with Crippen LogP contribution in [0, 0.1) is 17.8 Å². The first kappa shape index (κ1) is 95.1. The molecule has 3 N–H and O–H groups in total. The van der Waals surface area contributed by atoms with Crippen molar-refractivity contribution in [3.8, 4) is 0 Å². The molecule has 0 aromatic rings. The summed E-state index contributed by atoms with van der Waals surface area (Å²) in [5.41, 5.74) is 0. The predicted octanol–water partition coefficient (Wildman–Crippen LogP) is 23.0. The summed E-state index contributed by atoms with van der Waals surface area (Å²) in [6, 6.07) is 0. The zero-order valence-corrected chi connectivity index (χ0v) is 65.3. The first-order chi connectivity index (χ1) is 46.8. The molecule has 0 rings (SSSR count). The second-order valence-electron chi connectivity index (χ2n) is 29.1. The van der Waals surface area contributed by atoms with Crippen molar-refractivity contribution in [3.63, 3.8) is 0 Å². The summed E-state index contributed by atoms with van der Waals surface area (Å²) in [5, 5.41) is 10.6. The molecule has 0 aliphatic rings. The molecule has 0 aliphatic carbocycles. The summed E-state index contributed by atoms with van der Waals surface area (Å²) in [7, 11) is -9.92. The van der Waals surface area contributed by atoms with Gasteiger partial charge in [-0.1, -0.05) is 350 Å². The lowest BCUT2D eigenvalue weighted by Crippen LogP contribution is -2.30. The lowest BCUT2D eigenvalue weighted by molar-refractivity contribution is -0.161. The molecule has 0 spiro atoms. The van der Waals surface area contributed by atoms with Gasteiger partial charge in [-0.2, -0.15) is 0 Å². The van der Waals surface area contributed by atoms with E-state index in [-0.39, 0.29) is 25.7 Å². The largest absolute Gasteiger partial charge is 0.472 e. The number of rotatable bonds is 76. The van der Waals surface area contributed by atoms with Crippen LogP contribution in [0.5, 0.6) is 0 Å². The number of esters is 4. The molecular formula is C78H152O17P2. The third-order valence-electron chi connectivity index (χ3n) is 18.9. The van der Waals surface area contributed by atoms with Gasteiger partial charge in [0.05, 0.1) is 26.4 Å². The lowest BCUT2D eigenvalue weighted by Gasteiger charge is -2.21. The van der Waals surface area contributed by atoms with Gasteiger partial charge in [-0.15, -0.1) is 0 Å². The average molecular weight is 1420 g/mol. The molecule has 576 valence electrons. The van der Waals surface area contributed by atoms with Gasteiger partial charge in [0, 0.05) is 25.7 Å². The summed E-state index contributed by atoms with van der Waals surface area (Å²) in [6.45, 7) is 11.9. The van der Waals surface area contributed by atoms with Crippen LogP contribution < -0.4 is 0 Å². The Balaban J connectivity index is 5.27. The zero-order chi connectivity index (χ0) is 71.6. The molecule has 0 bridgehead atoms. The Morgan fingerprint density at radius 1 is 0.299 bits per heavy atom. The second-order valence-corrected chi connectivity index (χ2v) is 32.0. The van der Waals surface area contributed by atoms with Crippen molar-refractivity contribution in [2.45, 2.75) is 420 Å². The molecule has 0 aromatic heterocycles. The highest BCUT2D eigenvalue weighted by atomic mass is 31.2. The van der Waals surface area contributed by atoms with E-state index < -0.39 is 97.5 Å². The van der Waals surface area contributed by atoms with E-state index in [2.05, 4.69) is 48.5 Å². The molecule has 4 unspecified atom stereocenters. The average Bonchev–Trinajstić information content (AvgIpc) is 2.80. The van der Waals surface area contributed by atoms with Crippen LogP contribution in [0.25, 0.3) is 0 Å². The van der Waals surface area contributed by atoms with Crippen LogP contribution >= 0.6 is 15.6 Å². The second kappa shape index (κ2) is 68.5. The van der Waals surface area contributed by atoms with E-state index in [9.17, 15) is 43.2 Å². The molecule has 0 heterocycles. The van der Waals surface area contributed by atoms with Gasteiger partial charge in [-0.05, 0) is 43.4 Å². The van der Waals surface area contributed by atoms with E-state index in [1.807, 2.05) is 0 Å². The highest BCUT2D eigenvalue weighted by Crippen LogP contribution is 2.45. The maximum absolute atomic E-state index is 13.1. The highest BCUT2D eigenvalue weighted by Gasteiger charge is 2.30. The Kier molecular flexibility index (Phi) is 67.1. The van der Waals surface area contributed by atoms with E-state index in [0.717, 1.165) is 108 Å². The SMILES string of the molecule is CCCCCCCCCCCCCCCCCCC(=O)OC[C@H](COP(=O)(O)OC[C@@H](O)COP(=O)(O)OC[C@@H](COC(=O)CCCCCCCCCCC(C)CC)OC(=O)CCCCCCCCCCC(C)CC)OC(=O)CCCCCCCCCCCCCCCCC(C)C. The van der Waals surface area contributed by atoms with Gasteiger partial charge in [-0.25, -0.2) is 9.13 Å². The van der Waals surface area contributed by atoms with Gasteiger partial charge in [0.2, 0.25) is 0 Å². The first-order valence-electron chi connectivity index (χ1n) is 40.4. The van der Waals surface area contributed by atoms with Crippen molar-refractivity contribution in [3.05, 3.63) is 0 Å². The standard InChI is InChI=1S/C78H152O17P2/c1-8-11-12-13-14-15-16-17-18-19-23-26-29-38-45-52-59-75(80)88-65-73(94-77(82)61-54-47-40-30-27-24-21-20-22-25-28-35-42-49-56-69(4)5)67-92-96(84,85)90-63-72(79)64-91-97(86,87)93-68-74(95-78(83)62-55-48-41-34-32-37-44-51-58-71(7)10-3)66-89-76(81)60-53-46-39-33-31-36-43-50-57-70(6)9-2/h69-74,79H,8-68H2,1-7H3,(H,84,85)(H,86,87)/t70?,71?,72-,73-,74-/m1/s1. The van der Waals surface area contributed by atoms with Crippen LogP contribution in [-0.4, -0.2) is 96.7 Å². The fourth-order valence-electron chi connectivity index (χ4n) is 11.9. The van der Waals surface area contributed by atoms with E-state index in [1.165, 1.54) is 212 Å². The Bertz CT molecular complexity index is 1890. The van der Waals surface area contributed by atoms with Crippen LogP contribution in [-0.2, 0) is 65.4 Å². The molecule has 0 amide bonds. The van der Waals surface area contributed by atoms with E-state index in [0.29, 0.717) is 25.7 Å².